The number of carbonyl (C=O) groups excluding carboxylic acids is 1. The highest BCUT2D eigenvalue weighted by Crippen LogP contribution is 2.13. The van der Waals surface area contributed by atoms with Crippen LogP contribution in [0.2, 0.25) is 0 Å². The average molecular weight is 275 g/mol. The number of piperidine rings is 1. The first-order valence-electron chi connectivity index (χ1n) is 7.43. The molecule has 1 fully saturated rings. The van der Waals surface area contributed by atoms with E-state index in [0.29, 0.717) is 6.04 Å². The Morgan fingerprint density at radius 3 is 2.35 bits per heavy atom. The molecule has 0 atom stereocenters. The summed E-state index contributed by atoms with van der Waals surface area (Å²) < 4.78 is 0. The molecular weight excluding hydrogens is 250 g/mol. The predicted molar refractivity (Wildman–Crippen MR) is 83.1 cm³/mol. The van der Waals surface area contributed by atoms with Crippen molar-refractivity contribution in [2.24, 2.45) is 0 Å². The number of likely N-dealkylation sites (tertiary alicyclic amines) is 1. The molecule has 2 N–H and O–H groups in total. The van der Waals surface area contributed by atoms with Crippen molar-refractivity contribution in [3.05, 3.63) is 29.8 Å². The van der Waals surface area contributed by atoms with Gasteiger partial charge in [0, 0.05) is 30.9 Å². The number of benzene rings is 1. The number of urea groups is 1. The number of anilines is 1. The van der Waals surface area contributed by atoms with Gasteiger partial charge in [-0.25, -0.2) is 4.79 Å². The summed E-state index contributed by atoms with van der Waals surface area (Å²) in [7, 11) is 0. The fourth-order valence-corrected chi connectivity index (χ4v) is 2.55. The number of nitrogens with zero attached hydrogens (tertiary/aromatic N) is 1. The smallest absolute Gasteiger partial charge is 0.319 e. The van der Waals surface area contributed by atoms with E-state index in [2.05, 4.69) is 29.4 Å². The number of amides is 2. The molecule has 110 valence electrons. The zero-order chi connectivity index (χ0) is 14.5. The summed E-state index contributed by atoms with van der Waals surface area (Å²) in [5.74, 6) is 0. The largest absolute Gasteiger partial charge is 0.335 e. The Kier molecular flexibility index (Phi) is 5.01. The van der Waals surface area contributed by atoms with Crippen molar-refractivity contribution in [3.8, 4) is 0 Å². The molecule has 1 aliphatic rings. The zero-order valence-corrected chi connectivity index (χ0v) is 12.6. The van der Waals surface area contributed by atoms with E-state index in [9.17, 15) is 4.79 Å². The van der Waals surface area contributed by atoms with Gasteiger partial charge in [0.05, 0.1) is 0 Å². The number of carbonyl (C=O) groups is 1. The van der Waals surface area contributed by atoms with Crippen LogP contribution in [0.1, 0.15) is 32.3 Å². The van der Waals surface area contributed by atoms with E-state index in [1.54, 1.807) is 0 Å². The van der Waals surface area contributed by atoms with Crippen LogP contribution < -0.4 is 10.6 Å². The van der Waals surface area contributed by atoms with Crippen molar-refractivity contribution in [3.63, 3.8) is 0 Å². The molecule has 1 aromatic carbocycles. The molecule has 0 bridgehead atoms. The third-order valence-electron chi connectivity index (χ3n) is 3.90. The standard InChI is InChI=1S/C16H25N3O/c1-12(2)19-10-8-15(9-11-19)18-16(20)17-14-6-4-13(3)5-7-14/h4-7,12,15H,8-11H2,1-3H3,(H2,17,18,20). The summed E-state index contributed by atoms with van der Waals surface area (Å²) >= 11 is 0. The number of hydrogen-bond donors (Lipinski definition) is 2. The summed E-state index contributed by atoms with van der Waals surface area (Å²) in [5.41, 5.74) is 2.03. The minimum Gasteiger partial charge on any atom is -0.335 e. The molecule has 2 amide bonds. The Morgan fingerprint density at radius 2 is 1.80 bits per heavy atom. The van der Waals surface area contributed by atoms with Crippen LogP contribution in [0.15, 0.2) is 24.3 Å². The van der Waals surface area contributed by atoms with Gasteiger partial charge in [0.2, 0.25) is 0 Å². The predicted octanol–water partition coefficient (Wildman–Crippen LogP) is 2.99. The number of aryl methyl sites for hydroxylation is 1. The number of nitrogens with one attached hydrogen (secondary N) is 2. The molecule has 0 aromatic heterocycles. The average Bonchev–Trinajstić information content (AvgIpc) is 2.42. The van der Waals surface area contributed by atoms with Crippen molar-refractivity contribution < 1.29 is 4.79 Å². The van der Waals surface area contributed by atoms with Crippen molar-refractivity contribution in [2.45, 2.75) is 45.7 Å². The van der Waals surface area contributed by atoms with Gasteiger partial charge in [-0.1, -0.05) is 17.7 Å². The molecule has 0 saturated carbocycles. The third kappa shape index (κ3) is 4.23. The minimum absolute atomic E-state index is 0.100. The Labute approximate surface area is 121 Å². The van der Waals surface area contributed by atoms with Crippen molar-refractivity contribution in [2.75, 3.05) is 18.4 Å². The summed E-state index contributed by atoms with van der Waals surface area (Å²) in [6.07, 6.45) is 2.05. The molecule has 0 aliphatic carbocycles. The van der Waals surface area contributed by atoms with Crippen LogP contribution in [-0.2, 0) is 0 Å². The molecule has 1 aromatic rings. The van der Waals surface area contributed by atoms with Crippen molar-refractivity contribution in [1.82, 2.24) is 10.2 Å². The maximum absolute atomic E-state index is 11.9. The first-order chi connectivity index (χ1) is 9.54. The summed E-state index contributed by atoms with van der Waals surface area (Å²) in [6.45, 7) is 8.60. The molecule has 20 heavy (non-hydrogen) atoms. The van der Waals surface area contributed by atoms with Gasteiger partial charge in [-0.2, -0.15) is 0 Å². The van der Waals surface area contributed by atoms with E-state index in [0.717, 1.165) is 31.6 Å². The first kappa shape index (κ1) is 14.9. The van der Waals surface area contributed by atoms with Crippen LogP contribution in [-0.4, -0.2) is 36.1 Å². The zero-order valence-electron chi connectivity index (χ0n) is 12.6. The summed E-state index contributed by atoms with van der Waals surface area (Å²) in [5, 5.41) is 5.95. The second kappa shape index (κ2) is 6.75. The quantitative estimate of drug-likeness (QED) is 0.890. The molecular formula is C16H25N3O. The monoisotopic (exact) mass is 275 g/mol. The fourth-order valence-electron chi connectivity index (χ4n) is 2.55. The van der Waals surface area contributed by atoms with Crippen LogP contribution in [0.3, 0.4) is 0 Å². The lowest BCUT2D eigenvalue weighted by molar-refractivity contribution is 0.163. The fraction of sp³-hybridized carbons (Fsp3) is 0.562. The van der Waals surface area contributed by atoms with Crippen LogP contribution in [0.25, 0.3) is 0 Å². The van der Waals surface area contributed by atoms with E-state index in [4.69, 9.17) is 0 Å². The van der Waals surface area contributed by atoms with E-state index in [1.165, 1.54) is 5.56 Å². The maximum atomic E-state index is 11.9. The van der Waals surface area contributed by atoms with Gasteiger partial charge in [-0.15, -0.1) is 0 Å². The molecule has 4 nitrogen and oxygen atoms in total. The lowest BCUT2D eigenvalue weighted by atomic mass is 10.0. The van der Waals surface area contributed by atoms with Gasteiger partial charge in [-0.3, -0.25) is 0 Å². The third-order valence-corrected chi connectivity index (χ3v) is 3.90. The summed E-state index contributed by atoms with van der Waals surface area (Å²) in [4.78, 5) is 14.4. The van der Waals surface area contributed by atoms with Gasteiger partial charge in [0.25, 0.3) is 0 Å². The Balaban J connectivity index is 1.77. The highest BCUT2D eigenvalue weighted by atomic mass is 16.2. The minimum atomic E-state index is -0.100. The van der Waals surface area contributed by atoms with E-state index in [1.807, 2.05) is 31.2 Å². The van der Waals surface area contributed by atoms with Crippen LogP contribution in [0.5, 0.6) is 0 Å². The second-order valence-corrected chi connectivity index (χ2v) is 5.87. The van der Waals surface area contributed by atoms with Crippen LogP contribution in [0, 0.1) is 6.92 Å². The maximum Gasteiger partial charge on any atom is 0.319 e. The highest BCUT2D eigenvalue weighted by molar-refractivity contribution is 5.89. The molecule has 0 spiro atoms. The van der Waals surface area contributed by atoms with E-state index in [-0.39, 0.29) is 12.1 Å². The molecule has 2 rings (SSSR count). The Bertz CT molecular complexity index is 434. The van der Waals surface area contributed by atoms with Gasteiger partial charge >= 0.3 is 6.03 Å². The molecule has 4 heteroatoms. The van der Waals surface area contributed by atoms with Crippen molar-refractivity contribution >= 4 is 11.7 Å². The highest BCUT2D eigenvalue weighted by Gasteiger charge is 2.21. The van der Waals surface area contributed by atoms with Crippen molar-refractivity contribution in [1.29, 1.82) is 0 Å². The first-order valence-corrected chi connectivity index (χ1v) is 7.43. The Morgan fingerprint density at radius 1 is 1.20 bits per heavy atom. The number of hydrogen-bond acceptors (Lipinski definition) is 2. The van der Waals surface area contributed by atoms with Crippen LogP contribution >= 0.6 is 0 Å². The van der Waals surface area contributed by atoms with Crippen LogP contribution in [0.4, 0.5) is 10.5 Å². The number of rotatable bonds is 3. The van der Waals surface area contributed by atoms with Gasteiger partial charge < -0.3 is 15.5 Å². The summed E-state index contributed by atoms with van der Waals surface area (Å²) in [6, 6.07) is 8.63. The molecule has 1 saturated heterocycles. The molecule has 0 unspecified atom stereocenters. The lowest BCUT2D eigenvalue weighted by Crippen LogP contribution is -2.47. The van der Waals surface area contributed by atoms with E-state index < -0.39 is 0 Å². The van der Waals surface area contributed by atoms with Gasteiger partial charge in [-0.05, 0) is 45.7 Å². The second-order valence-electron chi connectivity index (χ2n) is 5.87. The van der Waals surface area contributed by atoms with E-state index >= 15 is 0 Å². The topological polar surface area (TPSA) is 44.4 Å². The molecule has 1 heterocycles. The van der Waals surface area contributed by atoms with Gasteiger partial charge in [0.15, 0.2) is 0 Å². The normalized spacial score (nSPS) is 17.2. The lowest BCUT2D eigenvalue weighted by Gasteiger charge is -2.34. The van der Waals surface area contributed by atoms with Gasteiger partial charge in [0.1, 0.15) is 0 Å². The SMILES string of the molecule is Cc1ccc(NC(=O)NC2CCN(C(C)C)CC2)cc1. The molecule has 0 radical (unpaired) electrons. The molecule has 1 aliphatic heterocycles. The Hall–Kier alpha value is -1.55.